The average molecular weight is 348 g/mol. The molecule has 0 atom stereocenters. The molecule has 0 aliphatic carbocycles. The number of carbonyl (C=O) groups excluding carboxylic acids is 3. The first-order chi connectivity index (χ1) is 11.5. The summed E-state index contributed by atoms with van der Waals surface area (Å²) >= 11 is 0. The second kappa shape index (κ2) is 8.62. The van der Waals surface area contributed by atoms with Crippen LogP contribution in [0.25, 0.3) is 0 Å². The number of amides is 4. The molecular weight excluding hydrogens is 320 g/mol. The van der Waals surface area contributed by atoms with Crippen molar-refractivity contribution in [2.45, 2.75) is 40.2 Å². The molecule has 1 aromatic carbocycles. The summed E-state index contributed by atoms with van der Waals surface area (Å²) in [5, 5.41) is 7.75. The standard InChI is InChI=1S/C18H28N4O3/c1-12-8-7-9-13(2)16(12)19-14(23)10-22(6)11-15(24)20-17(25)21-18(3,4)5/h7-9H,10-11H2,1-6H3,(H,19,23)(H2,20,21,24,25). The van der Waals surface area contributed by atoms with Crippen LogP contribution in [0.2, 0.25) is 0 Å². The van der Waals surface area contributed by atoms with Crippen LogP contribution in [0, 0.1) is 13.8 Å². The van der Waals surface area contributed by atoms with Crippen LogP contribution >= 0.6 is 0 Å². The van der Waals surface area contributed by atoms with Gasteiger partial charge in [0, 0.05) is 11.2 Å². The number of hydrogen-bond acceptors (Lipinski definition) is 4. The Balaban J connectivity index is 2.48. The monoisotopic (exact) mass is 348 g/mol. The highest BCUT2D eigenvalue weighted by Gasteiger charge is 2.17. The summed E-state index contributed by atoms with van der Waals surface area (Å²) in [5.74, 6) is -0.684. The van der Waals surface area contributed by atoms with E-state index in [-0.39, 0.29) is 19.0 Å². The SMILES string of the molecule is Cc1cccc(C)c1NC(=O)CN(C)CC(=O)NC(=O)NC(C)(C)C. The van der Waals surface area contributed by atoms with Gasteiger partial charge >= 0.3 is 6.03 Å². The van der Waals surface area contributed by atoms with Crippen LogP contribution in [-0.4, -0.2) is 48.4 Å². The van der Waals surface area contributed by atoms with Crippen LogP contribution in [0.1, 0.15) is 31.9 Å². The first kappa shape index (κ1) is 20.6. The summed E-state index contributed by atoms with van der Waals surface area (Å²) in [7, 11) is 1.64. The third-order valence-corrected chi connectivity index (χ3v) is 3.31. The van der Waals surface area contributed by atoms with Crippen LogP contribution in [-0.2, 0) is 9.59 Å². The van der Waals surface area contributed by atoms with Crippen molar-refractivity contribution in [1.29, 1.82) is 0 Å². The van der Waals surface area contributed by atoms with E-state index in [1.807, 2.05) is 52.8 Å². The van der Waals surface area contributed by atoms with Crippen molar-refractivity contribution >= 4 is 23.5 Å². The van der Waals surface area contributed by atoms with Crippen LogP contribution in [0.4, 0.5) is 10.5 Å². The zero-order chi connectivity index (χ0) is 19.2. The van der Waals surface area contributed by atoms with E-state index < -0.39 is 17.5 Å². The number of likely N-dealkylation sites (N-methyl/N-ethyl adjacent to an activating group) is 1. The molecule has 0 saturated carbocycles. The van der Waals surface area contributed by atoms with Gasteiger partial charge in [-0.15, -0.1) is 0 Å². The molecule has 138 valence electrons. The molecule has 0 aliphatic heterocycles. The van der Waals surface area contributed by atoms with Crippen molar-refractivity contribution in [3.8, 4) is 0 Å². The summed E-state index contributed by atoms with van der Waals surface area (Å²) in [5.41, 5.74) is 2.32. The summed E-state index contributed by atoms with van der Waals surface area (Å²) in [6, 6.07) is 5.23. The molecule has 4 amide bonds. The summed E-state index contributed by atoms with van der Waals surface area (Å²) in [6.45, 7) is 9.30. The zero-order valence-corrected chi connectivity index (χ0v) is 15.8. The fraction of sp³-hybridized carbons (Fsp3) is 0.500. The minimum Gasteiger partial charge on any atom is -0.333 e. The molecule has 1 rings (SSSR count). The van der Waals surface area contributed by atoms with Gasteiger partial charge in [0.15, 0.2) is 0 Å². The minimum absolute atomic E-state index is 0.0437. The molecule has 0 radical (unpaired) electrons. The largest absolute Gasteiger partial charge is 0.333 e. The van der Waals surface area contributed by atoms with Crippen molar-refractivity contribution in [3.63, 3.8) is 0 Å². The number of carbonyl (C=O) groups is 3. The van der Waals surface area contributed by atoms with Crippen molar-refractivity contribution in [2.75, 3.05) is 25.5 Å². The van der Waals surface area contributed by atoms with E-state index in [1.165, 1.54) is 0 Å². The van der Waals surface area contributed by atoms with E-state index in [0.717, 1.165) is 16.8 Å². The molecule has 0 unspecified atom stereocenters. The first-order valence-electron chi connectivity index (χ1n) is 8.14. The van der Waals surface area contributed by atoms with Gasteiger partial charge in [-0.3, -0.25) is 19.8 Å². The number of rotatable bonds is 5. The van der Waals surface area contributed by atoms with Gasteiger partial charge in [-0.1, -0.05) is 18.2 Å². The Morgan fingerprint density at radius 1 is 1.00 bits per heavy atom. The first-order valence-corrected chi connectivity index (χ1v) is 8.14. The van der Waals surface area contributed by atoms with Gasteiger partial charge in [0.2, 0.25) is 11.8 Å². The molecule has 0 aliphatic rings. The lowest BCUT2D eigenvalue weighted by molar-refractivity contribution is -0.122. The highest BCUT2D eigenvalue weighted by Crippen LogP contribution is 2.19. The van der Waals surface area contributed by atoms with Gasteiger partial charge in [0.05, 0.1) is 13.1 Å². The zero-order valence-electron chi connectivity index (χ0n) is 15.8. The fourth-order valence-electron chi connectivity index (χ4n) is 2.27. The molecule has 0 heterocycles. The third kappa shape index (κ3) is 7.80. The van der Waals surface area contributed by atoms with Crippen molar-refractivity contribution < 1.29 is 14.4 Å². The van der Waals surface area contributed by atoms with Crippen molar-refractivity contribution in [1.82, 2.24) is 15.5 Å². The van der Waals surface area contributed by atoms with Crippen molar-refractivity contribution in [2.24, 2.45) is 0 Å². The number of imide groups is 1. The smallest absolute Gasteiger partial charge is 0.321 e. The quantitative estimate of drug-likeness (QED) is 0.757. The topological polar surface area (TPSA) is 90.5 Å². The maximum Gasteiger partial charge on any atom is 0.321 e. The predicted octanol–water partition coefficient (Wildman–Crippen LogP) is 1.80. The number of anilines is 1. The molecule has 0 spiro atoms. The Bertz CT molecular complexity index is 630. The number of para-hydroxylation sites is 1. The maximum absolute atomic E-state index is 12.2. The minimum atomic E-state index is -0.550. The lowest BCUT2D eigenvalue weighted by Gasteiger charge is -2.21. The molecular formula is C18H28N4O3. The fourth-order valence-corrected chi connectivity index (χ4v) is 2.27. The van der Waals surface area contributed by atoms with E-state index in [0.29, 0.717) is 0 Å². The van der Waals surface area contributed by atoms with E-state index in [2.05, 4.69) is 16.0 Å². The van der Waals surface area contributed by atoms with Crippen molar-refractivity contribution in [3.05, 3.63) is 29.3 Å². The number of hydrogen-bond donors (Lipinski definition) is 3. The van der Waals surface area contributed by atoms with Gasteiger partial charge < -0.3 is 10.6 Å². The Morgan fingerprint density at radius 3 is 2.04 bits per heavy atom. The summed E-state index contributed by atoms with van der Waals surface area (Å²) in [6.07, 6.45) is 0. The second-order valence-electron chi connectivity index (χ2n) is 7.24. The maximum atomic E-state index is 12.2. The summed E-state index contributed by atoms with van der Waals surface area (Å²) in [4.78, 5) is 37.2. The molecule has 7 nitrogen and oxygen atoms in total. The Kier molecular flexibility index (Phi) is 7.11. The number of urea groups is 1. The summed E-state index contributed by atoms with van der Waals surface area (Å²) < 4.78 is 0. The average Bonchev–Trinajstić information content (AvgIpc) is 2.40. The highest BCUT2D eigenvalue weighted by atomic mass is 16.2. The van der Waals surface area contributed by atoms with E-state index in [9.17, 15) is 14.4 Å². The molecule has 0 aromatic heterocycles. The third-order valence-electron chi connectivity index (χ3n) is 3.31. The molecule has 0 fully saturated rings. The van der Waals surface area contributed by atoms with Crippen LogP contribution in [0.3, 0.4) is 0 Å². The molecule has 0 saturated heterocycles. The Morgan fingerprint density at radius 2 is 1.52 bits per heavy atom. The number of aryl methyl sites for hydroxylation is 2. The molecule has 1 aromatic rings. The Hall–Kier alpha value is -2.41. The van der Waals surface area contributed by atoms with Crippen LogP contribution in [0.5, 0.6) is 0 Å². The predicted molar refractivity (Wildman–Crippen MR) is 98.5 cm³/mol. The second-order valence-corrected chi connectivity index (χ2v) is 7.24. The van der Waals surface area contributed by atoms with Gasteiger partial charge in [0.1, 0.15) is 0 Å². The Labute approximate surface area is 149 Å². The highest BCUT2D eigenvalue weighted by molar-refractivity contribution is 5.96. The molecule has 3 N–H and O–H groups in total. The van der Waals surface area contributed by atoms with Gasteiger partial charge in [-0.05, 0) is 52.8 Å². The van der Waals surface area contributed by atoms with E-state index >= 15 is 0 Å². The van der Waals surface area contributed by atoms with E-state index in [1.54, 1.807) is 11.9 Å². The molecule has 0 bridgehead atoms. The number of nitrogens with one attached hydrogen (secondary N) is 3. The van der Waals surface area contributed by atoms with Crippen LogP contribution < -0.4 is 16.0 Å². The lowest BCUT2D eigenvalue weighted by Crippen LogP contribution is -2.50. The lowest BCUT2D eigenvalue weighted by atomic mass is 10.1. The number of nitrogens with zero attached hydrogens (tertiary/aromatic N) is 1. The van der Waals surface area contributed by atoms with Crippen LogP contribution in [0.15, 0.2) is 18.2 Å². The van der Waals surface area contributed by atoms with Gasteiger partial charge in [-0.2, -0.15) is 0 Å². The molecule has 25 heavy (non-hydrogen) atoms. The normalized spacial score (nSPS) is 11.2. The van der Waals surface area contributed by atoms with Gasteiger partial charge in [0.25, 0.3) is 0 Å². The number of benzene rings is 1. The van der Waals surface area contributed by atoms with E-state index in [4.69, 9.17) is 0 Å². The van der Waals surface area contributed by atoms with Gasteiger partial charge in [-0.25, -0.2) is 4.79 Å². The molecule has 7 heteroatoms.